The van der Waals surface area contributed by atoms with Gasteiger partial charge >= 0.3 is 0 Å². The number of nitrogens with zero attached hydrogens (tertiary/aromatic N) is 12. The molecular weight excluding hydrogens is 1050 g/mol. The highest BCUT2D eigenvalue weighted by atomic mass is 35.5. The van der Waals surface area contributed by atoms with Crippen LogP contribution in [0.1, 0.15) is 47.7 Å². The lowest BCUT2D eigenvalue weighted by Gasteiger charge is -2.42. The molecule has 0 spiro atoms. The zero-order valence-corrected chi connectivity index (χ0v) is 46.7. The fraction of sp³-hybridized carbons (Fsp3) is 0.322. The minimum Gasteiger partial charge on any atom is -0.477 e. The zero-order chi connectivity index (χ0) is 56.6. The van der Waals surface area contributed by atoms with Gasteiger partial charge in [-0.2, -0.15) is 20.7 Å². The molecule has 2 aliphatic heterocycles. The molecule has 4 aromatic carbocycles. The number of nitrogens with one attached hydrogen (secondary N) is 1. The smallest absolute Gasteiger partial charge is 0.246 e. The molecule has 0 saturated carbocycles. The summed E-state index contributed by atoms with van der Waals surface area (Å²) in [6, 6.07) is 15.4. The van der Waals surface area contributed by atoms with Crippen LogP contribution in [0.4, 0.5) is 20.2 Å². The number of halogens is 4. The van der Waals surface area contributed by atoms with E-state index in [2.05, 4.69) is 50.6 Å². The lowest BCUT2D eigenvalue weighted by molar-refractivity contribution is -0.129. The van der Waals surface area contributed by atoms with Crippen molar-refractivity contribution in [3.8, 4) is 40.3 Å². The normalized spacial score (nSPS) is 14.7. The summed E-state index contributed by atoms with van der Waals surface area (Å²) in [5.74, 6) is -1.34. The van der Waals surface area contributed by atoms with E-state index >= 15 is 8.78 Å². The van der Waals surface area contributed by atoms with Crippen molar-refractivity contribution in [1.29, 1.82) is 10.5 Å². The van der Waals surface area contributed by atoms with E-state index in [1.54, 1.807) is 32.8 Å². The first kappa shape index (κ1) is 55.6. The number of fused-ring (bicyclic) bond motifs is 4. The molecule has 16 nitrogen and oxygen atoms in total. The van der Waals surface area contributed by atoms with E-state index in [1.165, 1.54) is 18.3 Å². The molecular formula is C59H59Cl2F2N13O3. The molecule has 1 atom stereocenters. The molecule has 2 aliphatic rings. The van der Waals surface area contributed by atoms with Crippen molar-refractivity contribution in [2.75, 3.05) is 82.9 Å². The monoisotopic (exact) mass is 1110 g/mol. The molecule has 0 bridgehead atoms. The second-order valence-corrected chi connectivity index (χ2v) is 20.8. The minimum atomic E-state index is -0.598. The van der Waals surface area contributed by atoms with Gasteiger partial charge in [-0.05, 0) is 89.2 Å². The van der Waals surface area contributed by atoms with Crippen molar-refractivity contribution >= 4 is 90.0 Å². The van der Waals surface area contributed by atoms with E-state index in [0.29, 0.717) is 97.7 Å². The molecule has 0 aliphatic carbocycles. The number of hydrogen-bond donors (Lipinski definition) is 1. The van der Waals surface area contributed by atoms with Crippen LogP contribution in [0.2, 0.25) is 10.0 Å². The topological polar surface area (TPSA) is 179 Å². The van der Waals surface area contributed by atoms with Crippen LogP contribution in [0.15, 0.2) is 74.1 Å². The molecule has 2 saturated heterocycles. The number of benzene rings is 4. The maximum absolute atomic E-state index is 16.8. The number of aromatic nitrogens is 6. The van der Waals surface area contributed by atoms with Gasteiger partial charge < -0.3 is 29.2 Å². The van der Waals surface area contributed by atoms with Crippen molar-refractivity contribution < 1.29 is 23.1 Å². The van der Waals surface area contributed by atoms with Crippen LogP contribution < -0.4 is 14.5 Å². The fourth-order valence-electron chi connectivity index (χ4n) is 11.0. The maximum Gasteiger partial charge on any atom is 0.246 e. The molecule has 2 fully saturated rings. The Morgan fingerprint density at radius 3 is 2.15 bits per heavy atom. The van der Waals surface area contributed by atoms with Crippen LogP contribution in [0.3, 0.4) is 0 Å². The van der Waals surface area contributed by atoms with Crippen LogP contribution in [0, 0.1) is 55.1 Å². The maximum atomic E-state index is 16.8. The van der Waals surface area contributed by atoms with Crippen molar-refractivity contribution in [3.05, 3.63) is 124 Å². The van der Waals surface area contributed by atoms with Gasteiger partial charge in [-0.15, -0.1) is 0 Å². The number of carbonyl (C=O) groups is 2. The number of anilines is 2. The first-order chi connectivity index (χ1) is 38.0. The second-order valence-electron chi connectivity index (χ2n) is 20.0. The van der Waals surface area contributed by atoms with E-state index in [1.807, 2.05) is 87.8 Å². The van der Waals surface area contributed by atoms with Crippen LogP contribution in [0.5, 0.6) is 5.88 Å². The number of amides is 2. The third-order valence-corrected chi connectivity index (χ3v) is 15.5. The third kappa shape index (κ3) is 10.3. The molecule has 1 N–H and O–H groups in total. The van der Waals surface area contributed by atoms with E-state index in [-0.39, 0.29) is 61.5 Å². The first-order valence-electron chi connectivity index (χ1n) is 25.9. The number of rotatable bonds is 12. The number of carbonyl (C=O) groups excluding carboxylic acids is 2. The van der Waals surface area contributed by atoms with Gasteiger partial charge in [-0.1, -0.05) is 61.5 Å². The fourth-order valence-corrected chi connectivity index (χ4v) is 11.5. The van der Waals surface area contributed by atoms with Gasteiger partial charge in [0.1, 0.15) is 28.7 Å². The number of nitriles is 2. The van der Waals surface area contributed by atoms with E-state index in [4.69, 9.17) is 27.9 Å². The molecule has 8 aromatic rings. The molecule has 1 unspecified atom stereocenters. The number of aromatic amines is 1. The lowest BCUT2D eigenvalue weighted by atomic mass is 9.93. The van der Waals surface area contributed by atoms with Gasteiger partial charge in [0.05, 0.1) is 50.8 Å². The van der Waals surface area contributed by atoms with Gasteiger partial charge in [0.15, 0.2) is 11.6 Å². The van der Waals surface area contributed by atoms with Gasteiger partial charge in [0.25, 0.3) is 0 Å². The predicted molar refractivity (Wildman–Crippen MR) is 308 cm³/mol. The average molecular weight is 1110 g/mol. The number of H-pyrrole nitrogens is 1. The molecule has 6 heterocycles. The van der Waals surface area contributed by atoms with Gasteiger partial charge in [0, 0.05) is 121 Å². The van der Waals surface area contributed by atoms with E-state index in [9.17, 15) is 20.1 Å². The summed E-state index contributed by atoms with van der Waals surface area (Å²) in [4.78, 5) is 43.1. The lowest BCUT2D eigenvalue weighted by Crippen LogP contribution is -2.55. The molecule has 4 aromatic heterocycles. The third-order valence-electron chi connectivity index (χ3n) is 14.9. The van der Waals surface area contributed by atoms with Crippen molar-refractivity contribution in [2.24, 2.45) is 7.05 Å². The predicted octanol–water partition coefficient (Wildman–Crippen LogP) is 10.6. The van der Waals surface area contributed by atoms with Gasteiger partial charge in [-0.25, -0.2) is 13.8 Å². The Morgan fingerprint density at radius 1 is 0.848 bits per heavy atom. The second kappa shape index (κ2) is 23.0. The molecule has 0 radical (unpaired) electrons. The highest BCUT2D eigenvalue weighted by Crippen LogP contribution is 2.46. The summed E-state index contributed by atoms with van der Waals surface area (Å²) in [6.07, 6.45) is 7.19. The Balaban J connectivity index is 0.000000193. The summed E-state index contributed by atoms with van der Waals surface area (Å²) >= 11 is 13.7. The Kier molecular flexibility index (Phi) is 16.2. The highest BCUT2D eigenvalue weighted by Gasteiger charge is 2.33. The van der Waals surface area contributed by atoms with Gasteiger partial charge in [-0.3, -0.25) is 24.4 Å². The number of ether oxygens (including phenoxy) is 1. The summed E-state index contributed by atoms with van der Waals surface area (Å²) in [6.45, 7) is 19.2. The number of aryl methyl sites for hydroxylation is 4. The van der Waals surface area contributed by atoms with E-state index in [0.717, 1.165) is 51.6 Å². The summed E-state index contributed by atoms with van der Waals surface area (Å²) in [7, 11) is 5.74. The molecule has 20 heteroatoms. The van der Waals surface area contributed by atoms with Crippen molar-refractivity contribution in [3.63, 3.8) is 0 Å². The largest absolute Gasteiger partial charge is 0.477 e. The number of pyridine rings is 2. The average Bonchev–Trinajstić information content (AvgIpc) is 4.16. The molecule has 79 heavy (non-hydrogen) atoms. The minimum absolute atomic E-state index is 0.0641. The Morgan fingerprint density at radius 2 is 1.49 bits per heavy atom. The van der Waals surface area contributed by atoms with Gasteiger partial charge in [0.2, 0.25) is 17.7 Å². The van der Waals surface area contributed by atoms with Crippen LogP contribution >= 0.6 is 23.2 Å². The highest BCUT2D eigenvalue weighted by molar-refractivity contribution is 6.35. The zero-order valence-electron chi connectivity index (χ0n) is 45.1. The van der Waals surface area contributed by atoms with Crippen molar-refractivity contribution in [2.45, 2.75) is 46.6 Å². The first-order valence-corrected chi connectivity index (χ1v) is 26.7. The van der Waals surface area contributed by atoms with Crippen LogP contribution in [0.25, 0.3) is 65.9 Å². The Hall–Kier alpha value is -8.16. The summed E-state index contributed by atoms with van der Waals surface area (Å²) in [5.41, 5.74) is 7.61. The number of piperazine rings is 2. The standard InChI is InChI=1S/C31H33ClFN7O2.C28H26ClFN6O/c1-6-24(41)39-11-13-40(14-12-39)30-21-16-23(32)26(25-19(2)8-9-20-18-35-38(5)29(20)25)27(33)28(21)36-31(22(30)17-34)42-15-7-10-37(3)4;1-5-18-14-35(9-10-36(18)22(37)6-2)28-17(12-31)13-32-27-19(28)11-20(29)25(26(27)30)23-15(3)7-8-21-24(23)16(4)33-34-21/h6,8-9,16,18H,1,7,10-15H2,2-5H3;6-8,11,13,18H,2,5,9-10,14H2,1,3-4H3,(H,33,34). The van der Waals surface area contributed by atoms with Crippen LogP contribution in [-0.2, 0) is 16.6 Å². The quantitative estimate of drug-likeness (QED) is 0.0905. The SMILES string of the molecule is C=CC(=O)N1CCN(c2c(C#N)c(OCCCN(C)C)nc3c(F)c(-c4c(C)ccc5cnn(C)c45)c(Cl)cc23)CC1.C=CC(=O)N1CCN(c2c(C#N)cnc3c(F)c(-c4c(C)ccc5n[nH]c(C)c45)c(Cl)cc23)CC1CC. The molecule has 10 rings (SSSR count). The van der Waals surface area contributed by atoms with E-state index < -0.39 is 11.6 Å². The summed E-state index contributed by atoms with van der Waals surface area (Å²) in [5, 5.41) is 34.9. The molecule has 2 amide bonds. The Bertz CT molecular complexity index is 3850. The van der Waals surface area contributed by atoms with Crippen molar-refractivity contribution in [1.82, 2.24) is 44.6 Å². The summed E-state index contributed by atoms with van der Waals surface area (Å²) < 4.78 is 40.9. The Labute approximate surface area is 466 Å². The van der Waals surface area contributed by atoms with Crippen LogP contribution in [-0.4, -0.2) is 136 Å². The number of hydrogen-bond acceptors (Lipinski definition) is 12. The molecule has 406 valence electrons.